The summed E-state index contributed by atoms with van der Waals surface area (Å²) in [7, 11) is 0. The highest BCUT2D eigenvalue weighted by atomic mass is 16.8. The van der Waals surface area contributed by atoms with Gasteiger partial charge in [-0.3, -0.25) is 0 Å². The summed E-state index contributed by atoms with van der Waals surface area (Å²) >= 11 is 0. The van der Waals surface area contributed by atoms with Gasteiger partial charge in [0, 0.05) is 62.9 Å². The predicted octanol–water partition coefficient (Wildman–Crippen LogP) is 5.05. The molecule has 4 heterocycles. The van der Waals surface area contributed by atoms with E-state index in [2.05, 4.69) is 58.0 Å². The van der Waals surface area contributed by atoms with Crippen LogP contribution in [-0.4, -0.2) is 53.9 Å². The predicted molar refractivity (Wildman–Crippen MR) is 137 cm³/mol. The molecule has 4 aliphatic rings. The van der Waals surface area contributed by atoms with Crippen LogP contribution in [0, 0.1) is 11.3 Å². The van der Waals surface area contributed by atoms with Gasteiger partial charge < -0.3 is 24.4 Å². The zero-order valence-corrected chi connectivity index (χ0v) is 22.7. The van der Waals surface area contributed by atoms with Gasteiger partial charge in [0.15, 0.2) is 12.0 Å². The van der Waals surface area contributed by atoms with Crippen molar-refractivity contribution in [2.75, 3.05) is 13.1 Å². The van der Waals surface area contributed by atoms with E-state index in [1.165, 1.54) is 0 Å². The van der Waals surface area contributed by atoms with Crippen molar-refractivity contribution in [1.82, 2.24) is 10.2 Å². The highest BCUT2D eigenvalue weighted by molar-refractivity contribution is 5.82. The number of dihydropyridines is 1. The second-order valence-corrected chi connectivity index (χ2v) is 12.0. The quantitative estimate of drug-likeness (QED) is 0.549. The number of esters is 1. The molecule has 35 heavy (non-hydrogen) atoms. The number of hydrogen-bond acceptors (Lipinski definition) is 7. The number of hydrogen-bond donors (Lipinski definition) is 1. The lowest BCUT2D eigenvalue weighted by Crippen LogP contribution is -2.45. The molecule has 0 aromatic carbocycles. The normalized spacial score (nSPS) is 29.2. The Balaban J connectivity index is 1.71. The molecular formula is C28H43N3O4. The van der Waals surface area contributed by atoms with Gasteiger partial charge in [0.25, 0.3) is 0 Å². The Bertz CT molecular complexity index is 963. The summed E-state index contributed by atoms with van der Waals surface area (Å²) in [5.74, 6) is -0.0181. The van der Waals surface area contributed by atoms with E-state index in [0.29, 0.717) is 11.3 Å². The van der Waals surface area contributed by atoms with Crippen LogP contribution in [0.15, 0.2) is 39.8 Å². The van der Waals surface area contributed by atoms with Crippen LogP contribution in [-0.2, 0) is 19.0 Å². The van der Waals surface area contributed by atoms with E-state index < -0.39 is 11.9 Å². The Morgan fingerprint density at radius 3 is 2.37 bits per heavy atom. The Hall–Kier alpha value is -2.28. The molecule has 194 valence electrons. The third-order valence-corrected chi connectivity index (χ3v) is 7.73. The second-order valence-electron chi connectivity index (χ2n) is 12.0. The molecule has 0 amide bonds. The summed E-state index contributed by atoms with van der Waals surface area (Å²) in [6.45, 7) is 18.6. The number of cyclic esters (lactones) is 1. The minimum Gasteiger partial charge on any atom is -0.477 e. The third kappa shape index (κ3) is 5.60. The third-order valence-electron chi connectivity index (χ3n) is 7.73. The molecule has 7 nitrogen and oxygen atoms in total. The van der Waals surface area contributed by atoms with Crippen LogP contribution in [0.2, 0.25) is 0 Å². The van der Waals surface area contributed by atoms with Crippen molar-refractivity contribution >= 4 is 11.9 Å². The number of likely N-dealkylation sites (tertiary alicyclic amines) is 1. The number of aliphatic imine (C=N–C) groups is 1. The molecule has 7 heteroatoms. The lowest BCUT2D eigenvalue weighted by molar-refractivity contribution is -0.160. The summed E-state index contributed by atoms with van der Waals surface area (Å²) in [6.07, 6.45) is 7.25. The van der Waals surface area contributed by atoms with Crippen LogP contribution >= 0.6 is 0 Å². The summed E-state index contributed by atoms with van der Waals surface area (Å²) in [5, 5.41) is 3.49. The van der Waals surface area contributed by atoms with Gasteiger partial charge in [0.1, 0.15) is 0 Å². The standard InChI is InChI=1S/C28H43N3O4/c1-17(2)19(4)33-22-10-9-20(15-30-22)21-16-29-18(3)23(25-26(32)35-28(7,8)34-25)24(21)31-13-11-27(5,6)12-14-31/h15-19,25,29H,9-14H2,1-8H3. The van der Waals surface area contributed by atoms with E-state index in [9.17, 15) is 4.79 Å². The zero-order valence-electron chi connectivity index (χ0n) is 22.7. The SMILES string of the molecule is CC1NC=C(C2=CN=C(OC(C)C(C)C)CC2)C(N2CCC(C)(C)CC2)=C1C1OC(C)(C)OC1=O. The first-order valence-electron chi connectivity index (χ1n) is 13.2. The molecule has 0 spiro atoms. The van der Waals surface area contributed by atoms with Gasteiger partial charge in [-0.25, -0.2) is 9.79 Å². The number of carbonyl (C=O) groups is 1. The maximum atomic E-state index is 12.9. The van der Waals surface area contributed by atoms with Crippen LogP contribution in [0.5, 0.6) is 0 Å². The first kappa shape index (κ1) is 25.8. The van der Waals surface area contributed by atoms with Crippen molar-refractivity contribution in [1.29, 1.82) is 0 Å². The topological polar surface area (TPSA) is 72.4 Å². The number of ether oxygens (including phenoxy) is 3. The van der Waals surface area contributed by atoms with Crippen LogP contribution in [0.25, 0.3) is 0 Å². The van der Waals surface area contributed by atoms with Crippen molar-refractivity contribution in [2.24, 2.45) is 16.3 Å². The molecule has 2 saturated heterocycles. The van der Waals surface area contributed by atoms with Gasteiger partial charge in [-0.05, 0) is 50.0 Å². The van der Waals surface area contributed by atoms with Gasteiger partial charge >= 0.3 is 5.97 Å². The fourth-order valence-corrected chi connectivity index (χ4v) is 5.02. The van der Waals surface area contributed by atoms with Crippen molar-refractivity contribution < 1.29 is 19.0 Å². The fourth-order valence-electron chi connectivity index (χ4n) is 5.02. The highest BCUT2D eigenvalue weighted by Gasteiger charge is 2.47. The van der Waals surface area contributed by atoms with Gasteiger partial charge in [0.05, 0.1) is 11.8 Å². The summed E-state index contributed by atoms with van der Waals surface area (Å²) in [4.78, 5) is 20.1. The number of piperidine rings is 1. The van der Waals surface area contributed by atoms with Crippen molar-refractivity contribution in [2.45, 2.75) is 105 Å². The van der Waals surface area contributed by atoms with E-state index in [1.54, 1.807) is 13.8 Å². The van der Waals surface area contributed by atoms with E-state index >= 15 is 0 Å². The Kier molecular flexibility index (Phi) is 7.11. The molecular weight excluding hydrogens is 442 g/mol. The lowest BCUT2D eigenvalue weighted by atomic mass is 9.81. The number of allylic oxidation sites excluding steroid dienone is 1. The molecule has 0 saturated carbocycles. The maximum Gasteiger partial charge on any atom is 0.342 e. The number of carbonyl (C=O) groups excluding carboxylic acids is 1. The molecule has 2 fully saturated rings. The van der Waals surface area contributed by atoms with Crippen LogP contribution in [0.4, 0.5) is 0 Å². The molecule has 3 atom stereocenters. The lowest BCUT2D eigenvalue weighted by Gasteiger charge is -2.43. The van der Waals surface area contributed by atoms with Crippen molar-refractivity contribution in [3.05, 3.63) is 34.8 Å². The fraction of sp³-hybridized carbons (Fsp3) is 0.714. The average Bonchev–Trinajstić information content (AvgIpc) is 3.06. The Morgan fingerprint density at radius 1 is 1.14 bits per heavy atom. The zero-order chi connectivity index (χ0) is 25.5. The number of nitrogens with one attached hydrogen (secondary N) is 1. The van der Waals surface area contributed by atoms with Gasteiger partial charge in [0.2, 0.25) is 5.79 Å². The first-order valence-corrected chi connectivity index (χ1v) is 13.2. The summed E-state index contributed by atoms with van der Waals surface area (Å²) in [6, 6.07) is -0.0476. The minimum absolute atomic E-state index is 0.0476. The van der Waals surface area contributed by atoms with E-state index in [-0.39, 0.29) is 18.1 Å². The maximum absolute atomic E-state index is 12.9. The average molecular weight is 486 g/mol. The second kappa shape index (κ2) is 9.64. The van der Waals surface area contributed by atoms with Crippen molar-refractivity contribution in [3.8, 4) is 0 Å². The first-order chi connectivity index (χ1) is 16.4. The monoisotopic (exact) mass is 485 g/mol. The van der Waals surface area contributed by atoms with E-state index in [1.807, 2.05) is 6.20 Å². The van der Waals surface area contributed by atoms with Gasteiger partial charge in [-0.15, -0.1) is 0 Å². The number of nitrogens with zero attached hydrogens (tertiary/aromatic N) is 2. The van der Waals surface area contributed by atoms with Crippen LogP contribution in [0.3, 0.4) is 0 Å². The Labute approximate surface area is 210 Å². The molecule has 4 rings (SSSR count). The summed E-state index contributed by atoms with van der Waals surface area (Å²) in [5.41, 5.74) is 4.62. The molecule has 4 aliphatic heterocycles. The molecule has 0 aliphatic carbocycles. The Morgan fingerprint density at radius 2 is 1.83 bits per heavy atom. The van der Waals surface area contributed by atoms with Gasteiger partial charge in [-0.1, -0.05) is 27.7 Å². The summed E-state index contributed by atoms with van der Waals surface area (Å²) < 4.78 is 17.8. The van der Waals surface area contributed by atoms with Crippen LogP contribution < -0.4 is 5.32 Å². The number of rotatable bonds is 5. The van der Waals surface area contributed by atoms with Crippen LogP contribution in [0.1, 0.15) is 81.1 Å². The minimum atomic E-state index is -0.932. The molecule has 1 N–H and O–H groups in total. The molecule has 0 aromatic rings. The smallest absolute Gasteiger partial charge is 0.342 e. The van der Waals surface area contributed by atoms with E-state index in [0.717, 1.165) is 67.1 Å². The van der Waals surface area contributed by atoms with Crippen molar-refractivity contribution in [3.63, 3.8) is 0 Å². The molecule has 0 aromatic heterocycles. The molecule has 0 radical (unpaired) electrons. The van der Waals surface area contributed by atoms with E-state index in [4.69, 9.17) is 19.2 Å². The van der Waals surface area contributed by atoms with Gasteiger partial charge in [-0.2, -0.15) is 0 Å². The molecule has 3 unspecified atom stereocenters. The largest absolute Gasteiger partial charge is 0.477 e. The highest BCUT2D eigenvalue weighted by Crippen LogP contribution is 2.41. The molecule has 0 bridgehead atoms.